The van der Waals surface area contributed by atoms with E-state index in [9.17, 15) is 0 Å². The molecule has 2 aromatic rings. The average Bonchev–Trinajstić information content (AvgIpc) is 2.30. The second kappa shape index (κ2) is 3.97. The molecule has 2 rings (SSSR count). The molecule has 1 nitrogen and oxygen atoms in total. The molecular formula is C13H10O. The molecule has 1 heteroatoms. The predicted molar refractivity (Wildman–Crippen MR) is 56.1 cm³/mol. The summed E-state index contributed by atoms with van der Waals surface area (Å²) in [7, 11) is 1.66. The second-order valence-corrected chi connectivity index (χ2v) is 2.92. The summed E-state index contributed by atoms with van der Waals surface area (Å²) < 4.78 is 5.14. The summed E-state index contributed by atoms with van der Waals surface area (Å²) in [6.07, 6.45) is 0. The first-order valence-corrected chi connectivity index (χ1v) is 4.43. The molecule has 14 heavy (non-hydrogen) atoms. The molecule has 0 unspecified atom stereocenters. The standard InChI is InChI=1S/C13H10O/c1-14-13-9-5-8-12(10-13)11-6-3-2-4-7-11/h2-6,9-10H,1H3. The van der Waals surface area contributed by atoms with Gasteiger partial charge in [-0.2, -0.15) is 0 Å². The summed E-state index contributed by atoms with van der Waals surface area (Å²) in [5.74, 6) is 0.844. The Morgan fingerprint density at radius 2 is 1.86 bits per heavy atom. The van der Waals surface area contributed by atoms with Gasteiger partial charge in [0.05, 0.1) is 7.11 Å². The van der Waals surface area contributed by atoms with Crippen LogP contribution in [0.5, 0.6) is 5.75 Å². The Morgan fingerprint density at radius 3 is 2.57 bits per heavy atom. The molecule has 0 amide bonds. The maximum absolute atomic E-state index is 5.14. The van der Waals surface area contributed by atoms with Crippen molar-refractivity contribution in [2.45, 2.75) is 0 Å². The molecule has 0 aliphatic rings. The molecule has 0 heterocycles. The number of benzene rings is 2. The highest BCUT2D eigenvalue weighted by molar-refractivity contribution is 5.63. The Bertz CT molecular complexity index is 407. The van der Waals surface area contributed by atoms with E-state index in [1.54, 1.807) is 7.11 Å². The lowest BCUT2D eigenvalue weighted by atomic mass is 10.1. The molecule has 0 saturated heterocycles. The molecule has 2 radical (unpaired) electrons. The van der Waals surface area contributed by atoms with Crippen LogP contribution in [0.3, 0.4) is 0 Å². The van der Waals surface area contributed by atoms with E-state index in [1.165, 1.54) is 0 Å². The Morgan fingerprint density at radius 1 is 1.00 bits per heavy atom. The van der Waals surface area contributed by atoms with Gasteiger partial charge in [0, 0.05) is 0 Å². The topological polar surface area (TPSA) is 9.23 Å². The highest BCUT2D eigenvalue weighted by Crippen LogP contribution is 2.22. The normalized spacial score (nSPS) is 9.79. The van der Waals surface area contributed by atoms with Gasteiger partial charge in [-0.05, 0) is 35.4 Å². The molecule has 0 bridgehead atoms. The largest absolute Gasteiger partial charge is 0.497 e. The fraction of sp³-hybridized carbons (Fsp3) is 0.0769. The maximum atomic E-state index is 5.14. The third-order valence-electron chi connectivity index (χ3n) is 2.01. The fourth-order valence-electron chi connectivity index (χ4n) is 1.29. The zero-order valence-corrected chi connectivity index (χ0v) is 7.95. The van der Waals surface area contributed by atoms with Crippen LogP contribution in [-0.2, 0) is 0 Å². The SMILES string of the molecule is COc1cc[c]c(-c2[c]cccc2)c1. The highest BCUT2D eigenvalue weighted by atomic mass is 16.5. The summed E-state index contributed by atoms with van der Waals surface area (Å²) in [4.78, 5) is 0. The van der Waals surface area contributed by atoms with Crippen LogP contribution in [0, 0.1) is 12.1 Å². The zero-order valence-electron chi connectivity index (χ0n) is 7.95. The van der Waals surface area contributed by atoms with Crippen LogP contribution in [0.15, 0.2) is 42.5 Å². The van der Waals surface area contributed by atoms with Crippen molar-refractivity contribution in [2.75, 3.05) is 7.11 Å². The Balaban J connectivity index is 2.42. The summed E-state index contributed by atoms with van der Waals surface area (Å²) in [6, 6.07) is 19.8. The Labute approximate surface area is 84.0 Å². The molecule has 0 aromatic heterocycles. The molecule has 0 N–H and O–H groups in total. The molecule has 0 saturated carbocycles. The van der Waals surface area contributed by atoms with Crippen LogP contribution in [0.4, 0.5) is 0 Å². The lowest BCUT2D eigenvalue weighted by molar-refractivity contribution is 0.415. The van der Waals surface area contributed by atoms with Crippen molar-refractivity contribution >= 4 is 0 Å². The third kappa shape index (κ3) is 1.77. The Hall–Kier alpha value is -1.76. The minimum Gasteiger partial charge on any atom is -0.497 e. The number of methoxy groups -OCH3 is 1. The van der Waals surface area contributed by atoms with Crippen LogP contribution in [-0.4, -0.2) is 7.11 Å². The number of hydrogen-bond acceptors (Lipinski definition) is 1. The van der Waals surface area contributed by atoms with Crippen LogP contribution in [0.2, 0.25) is 0 Å². The van der Waals surface area contributed by atoms with Gasteiger partial charge in [-0.1, -0.05) is 30.3 Å². The van der Waals surface area contributed by atoms with Crippen LogP contribution in [0.25, 0.3) is 11.1 Å². The van der Waals surface area contributed by atoms with Crippen molar-refractivity contribution in [1.29, 1.82) is 0 Å². The van der Waals surface area contributed by atoms with E-state index in [2.05, 4.69) is 12.1 Å². The molecule has 2 aromatic carbocycles. The number of hydrogen-bond donors (Lipinski definition) is 0. The van der Waals surface area contributed by atoms with E-state index in [0.717, 1.165) is 16.9 Å². The summed E-state index contributed by atoms with van der Waals surface area (Å²) in [5, 5.41) is 0. The summed E-state index contributed by atoms with van der Waals surface area (Å²) in [6.45, 7) is 0. The lowest BCUT2D eigenvalue weighted by Crippen LogP contribution is -1.83. The van der Waals surface area contributed by atoms with Gasteiger partial charge in [0.15, 0.2) is 0 Å². The van der Waals surface area contributed by atoms with Gasteiger partial charge in [-0.3, -0.25) is 0 Å². The van der Waals surface area contributed by atoms with Crippen molar-refractivity contribution < 1.29 is 4.74 Å². The maximum Gasteiger partial charge on any atom is 0.119 e. The number of rotatable bonds is 2. The van der Waals surface area contributed by atoms with Crippen molar-refractivity contribution in [3.05, 3.63) is 54.6 Å². The predicted octanol–water partition coefficient (Wildman–Crippen LogP) is 2.96. The van der Waals surface area contributed by atoms with E-state index < -0.39 is 0 Å². The zero-order chi connectivity index (χ0) is 9.80. The fourth-order valence-corrected chi connectivity index (χ4v) is 1.29. The first-order chi connectivity index (χ1) is 6.90. The average molecular weight is 182 g/mol. The van der Waals surface area contributed by atoms with Crippen molar-refractivity contribution in [3.8, 4) is 16.9 Å². The van der Waals surface area contributed by atoms with Gasteiger partial charge in [-0.25, -0.2) is 0 Å². The quantitative estimate of drug-likeness (QED) is 0.693. The van der Waals surface area contributed by atoms with E-state index in [4.69, 9.17) is 4.74 Å². The van der Waals surface area contributed by atoms with Gasteiger partial charge in [-0.15, -0.1) is 0 Å². The second-order valence-electron chi connectivity index (χ2n) is 2.92. The lowest BCUT2D eigenvalue weighted by Gasteiger charge is -2.03. The van der Waals surface area contributed by atoms with E-state index in [0.29, 0.717) is 0 Å². The van der Waals surface area contributed by atoms with Gasteiger partial charge >= 0.3 is 0 Å². The van der Waals surface area contributed by atoms with Crippen LogP contribution < -0.4 is 4.74 Å². The van der Waals surface area contributed by atoms with Gasteiger partial charge in [0.25, 0.3) is 0 Å². The highest BCUT2D eigenvalue weighted by Gasteiger charge is 1.98. The smallest absolute Gasteiger partial charge is 0.119 e. The van der Waals surface area contributed by atoms with Crippen molar-refractivity contribution in [3.63, 3.8) is 0 Å². The molecule has 68 valence electrons. The molecule has 0 aliphatic heterocycles. The van der Waals surface area contributed by atoms with Gasteiger partial charge < -0.3 is 4.74 Å². The monoisotopic (exact) mass is 182 g/mol. The third-order valence-corrected chi connectivity index (χ3v) is 2.01. The molecule has 0 atom stereocenters. The van der Waals surface area contributed by atoms with E-state index in [-0.39, 0.29) is 0 Å². The first-order valence-electron chi connectivity index (χ1n) is 4.43. The van der Waals surface area contributed by atoms with E-state index >= 15 is 0 Å². The minimum atomic E-state index is 0.844. The van der Waals surface area contributed by atoms with E-state index in [1.807, 2.05) is 42.5 Å². The summed E-state index contributed by atoms with van der Waals surface area (Å²) >= 11 is 0. The van der Waals surface area contributed by atoms with Crippen LogP contribution >= 0.6 is 0 Å². The van der Waals surface area contributed by atoms with Gasteiger partial charge in [0.1, 0.15) is 5.75 Å². The summed E-state index contributed by atoms with van der Waals surface area (Å²) in [5.41, 5.74) is 2.04. The molecule has 0 aliphatic carbocycles. The number of ether oxygens (including phenoxy) is 1. The van der Waals surface area contributed by atoms with Crippen molar-refractivity contribution in [2.24, 2.45) is 0 Å². The molecule has 0 spiro atoms. The first kappa shape index (κ1) is 8.82. The minimum absolute atomic E-state index is 0.844. The van der Waals surface area contributed by atoms with Crippen LogP contribution in [0.1, 0.15) is 0 Å². The molecule has 0 fully saturated rings. The van der Waals surface area contributed by atoms with Crippen molar-refractivity contribution in [1.82, 2.24) is 0 Å². The molecular weight excluding hydrogens is 172 g/mol. The van der Waals surface area contributed by atoms with Gasteiger partial charge in [0.2, 0.25) is 0 Å². The Kier molecular flexibility index (Phi) is 2.50.